The Balaban J connectivity index is 0.00000289. The number of hydrogen-bond acceptors (Lipinski definition) is 2. The van der Waals surface area contributed by atoms with Crippen LogP contribution in [-0.2, 0) is 11.2 Å². The number of hydrogen-bond donors (Lipinski definition) is 1. The first kappa shape index (κ1) is 17.2. The Labute approximate surface area is 120 Å². The smallest absolute Gasteiger partial charge is 0.224 e. The van der Waals surface area contributed by atoms with E-state index < -0.39 is 0 Å². The molecule has 18 heavy (non-hydrogen) atoms. The molecule has 0 spiro atoms. The molecule has 0 aromatic heterocycles. The summed E-state index contributed by atoms with van der Waals surface area (Å²) in [7, 11) is 4.05. The van der Waals surface area contributed by atoms with E-state index in [0.29, 0.717) is 11.4 Å². The van der Waals surface area contributed by atoms with Crippen molar-refractivity contribution in [1.29, 1.82) is 0 Å². The third-order valence-corrected chi connectivity index (χ3v) is 2.63. The van der Waals surface area contributed by atoms with Gasteiger partial charge < -0.3 is 10.2 Å². The molecule has 102 valence electrons. The van der Waals surface area contributed by atoms with Crippen molar-refractivity contribution < 1.29 is 4.79 Å². The normalized spacial score (nSPS) is 10.0. The summed E-state index contributed by atoms with van der Waals surface area (Å²) in [6.07, 6.45) is 1.39. The maximum atomic E-state index is 11.6. The molecule has 1 aromatic rings. The van der Waals surface area contributed by atoms with E-state index in [9.17, 15) is 4.79 Å². The lowest BCUT2D eigenvalue weighted by Crippen LogP contribution is -2.28. The van der Waals surface area contributed by atoms with E-state index in [1.165, 1.54) is 0 Å². The number of benzene rings is 1. The van der Waals surface area contributed by atoms with Crippen molar-refractivity contribution in [2.45, 2.75) is 12.8 Å². The van der Waals surface area contributed by atoms with E-state index in [2.05, 4.69) is 10.2 Å². The van der Waals surface area contributed by atoms with Gasteiger partial charge in [-0.25, -0.2) is 0 Å². The zero-order valence-electron chi connectivity index (χ0n) is 10.8. The predicted octanol–water partition coefficient (Wildman–Crippen LogP) is 2.37. The summed E-state index contributed by atoms with van der Waals surface area (Å²) in [5.41, 5.74) is 0.986. The minimum absolute atomic E-state index is 0. The molecule has 0 fully saturated rings. The molecule has 1 N–H and O–H groups in total. The van der Waals surface area contributed by atoms with Gasteiger partial charge in [0.15, 0.2) is 0 Å². The molecule has 0 atom stereocenters. The number of nitrogens with one attached hydrogen (secondary N) is 1. The van der Waals surface area contributed by atoms with Gasteiger partial charge in [0.25, 0.3) is 0 Å². The zero-order chi connectivity index (χ0) is 12.7. The molecule has 1 aromatic carbocycles. The van der Waals surface area contributed by atoms with E-state index in [1.807, 2.05) is 26.2 Å². The van der Waals surface area contributed by atoms with E-state index in [4.69, 9.17) is 11.6 Å². The molecule has 0 radical (unpaired) electrons. The summed E-state index contributed by atoms with van der Waals surface area (Å²) in [6.45, 7) is 1.71. The maximum absolute atomic E-state index is 11.6. The van der Waals surface area contributed by atoms with Gasteiger partial charge >= 0.3 is 0 Å². The molecule has 0 aliphatic rings. The standard InChI is InChI=1S/C13H19ClN2O.ClH/c1-16(2)9-3-8-15-13(17)10-11-4-6-12(14)7-5-11;/h4-7H,3,8-10H2,1-2H3,(H,15,17);1H. The number of nitrogens with zero attached hydrogens (tertiary/aromatic N) is 1. The minimum atomic E-state index is 0. The van der Waals surface area contributed by atoms with Crippen LogP contribution in [0.15, 0.2) is 24.3 Å². The molecule has 0 aliphatic heterocycles. The van der Waals surface area contributed by atoms with Gasteiger partial charge in [0.2, 0.25) is 5.91 Å². The predicted molar refractivity (Wildman–Crippen MR) is 78.6 cm³/mol. The van der Waals surface area contributed by atoms with Gasteiger partial charge in [-0.05, 0) is 44.8 Å². The summed E-state index contributed by atoms with van der Waals surface area (Å²) in [4.78, 5) is 13.7. The van der Waals surface area contributed by atoms with Gasteiger partial charge in [0, 0.05) is 11.6 Å². The molecule has 1 amide bonds. The van der Waals surface area contributed by atoms with Crippen molar-refractivity contribution in [2.24, 2.45) is 0 Å². The second-order valence-corrected chi connectivity index (χ2v) is 4.75. The second-order valence-electron chi connectivity index (χ2n) is 4.31. The number of amides is 1. The Morgan fingerprint density at radius 1 is 1.28 bits per heavy atom. The van der Waals surface area contributed by atoms with Crippen molar-refractivity contribution in [3.05, 3.63) is 34.9 Å². The average Bonchev–Trinajstić information content (AvgIpc) is 2.27. The fraction of sp³-hybridized carbons (Fsp3) is 0.462. The number of carbonyl (C=O) groups is 1. The SMILES string of the molecule is CN(C)CCCNC(=O)Cc1ccc(Cl)cc1.Cl. The van der Waals surface area contributed by atoms with Crippen LogP contribution in [0.25, 0.3) is 0 Å². The number of halogens is 2. The lowest BCUT2D eigenvalue weighted by Gasteiger charge is -2.09. The summed E-state index contributed by atoms with van der Waals surface area (Å²) in [6, 6.07) is 7.36. The molecule has 3 nitrogen and oxygen atoms in total. The first-order valence-electron chi connectivity index (χ1n) is 5.74. The van der Waals surface area contributed by atoms with E-state index in [0.717, 1.165) is 25.1 Å². The van der Waals surface area contributed by atoms with Crippen molar-refractivity contribution >= 4 is 29.9 Å². The Morgan fingerprint density at radius 2 is 1.89 bits per heavy atom. The largest absolute Gasteiger partial charge is 0.356 e. The third-order valence-electron chi connectivity index (χ3n) is 2.38. The molecule has 0 bridgehead atoms. The monoisotopic (exact) mass is 290 g/mol. The van der Waals surface area contributed by atoms with Crippen LogP contribution < -0.4 is 5.32 Å². The Bertz CT molecular complexity index is 353. The molecular formula is C13H20Cl2N2O. The van der Waals surface area contributed by atoms with Crippen molar-refractivity contribution in [1.82, 2.24) is 10.2 Å². The van der Waals surface area contributed by atoms with Crippen LogP contribution in [0.2, 0.25) is 5.02 Å². The lowest BCUT2D eigenvalue weighted by atomic mass is 10.1. The molecule has 0 aliphatic carbocycles. The summed E-state index contributed by atoms with van der Waals surface area (Å²) < 4.78 is 0. The van der Waals surface area contributed by atoms with Gasteiger partial charge in [-0.15, -0.1) is 12.4 Å². The first-order chi connectivity index (χ1) is 8.08. The average molecular weight is 291 g/mol. The van der Waals surface area contributed by atoms with Crippen LogP contribution in [0, 0.1) is 0 Å². The van der Waals surface area contributed by atoms with Crippen molar-refractivity contribution in [3.8, 4) is 0 Å². The molecule has 0 unspecified atom stereocenters. The van der Waals surface area contributed by atoms with E-state index >= 15 is 0 Å². The second kappa shape index (κ2) is 9.20. The quantitative estimate of drug-likeness (QED) is 0.816. The highest BCUT2D eigenvalue weighted by atomic mass is 35.5. The third kappa shape index (κ3) is 7.54. The number of rotatable bonds is 6. The summed E-state index contributed by atoms with van der Waals surface area (Å²) >= 11 is 5.78. The van der Waals surface area contributed by atoms with Gasteiger partial charge in [-0.3, -0.25) is 4.79 Å². The fourth-order valence-corrected chi connectivity index (χ4v) is 1.60. The first-order valence-corrected chi connectivity index (χ1v) is 6.11. The van der Waals surface area contributed by atoms with Gasteiger partial charge in [0.05, 0.1) is 6.42 Å². The topological polar surface area (TPSA) is 32.3 Å². The number of carbonyl (C=O) groups excluding carboxylic acids is 1. The van der Waals surface area contributed by atoms with Gasteiger partial charge in [-0.2, -0.15) is 0 Å². The van der Waals surface area contributed by atoms with Crippen molar-refractivity contribution in [2.75, 3.05) is 27.2 Å². The van der Waals surface area contributed by atoms with Crippen LogP contribution in [0.4, 0.5) is 0 Å². The Hall–Kier alpha value is -0.770. The van der Waals surface area contributed by atoms with Crippen molar-refractivity contribution in [3.63, 3.8) is 0 Å². The van der Waals surface area contributed by atoms with Crippen LogP contribution in [0.1, 0.15) is 12.0 Å². The molecule has 5 heteroatoms. The minimum Gasteiger partial charge on any atom is -0.356 e. The van der Waals surface area contributed by atoms with Crippen LogP contribution in [-0.4, -0.2) is 38.0 Å². The Morgan fingerprint density at radius 3 is 2.44 bits per heavy atom. The highest BCUT2D eigenvalue weighted by molar-refractivity contribution is 6.30. The Kier molecular flexibility index (Phi) is 8.81. The molecular weight excluding hydrogens is 271 g/mol. The van der Waals surface area contributed by atoms with Crippen LogP contribution in [0.5, 0.6) is 0 Å². The molecule has 1 rings (SSSR count). The molecule has 0 saturated heterocycles. The highest BCUT2D eigenvalue weighted by Crippen LogP contribution is 2.09. The van der Waals surface area contributed by atoms with Crippen LogP contribution in [0.3, 0.4) is 0 Å². The van der Waals surface area contributed by atoms with Crippen LogP contribution >= 0.6 is 24.0 Å². The molecule has 0 saturated carbocycles. The fourth-order valence-electron chi connectivity index (χ4n) is 1.47. The van der Waals surface area contributed by atoms with E-state index in [-0.39, 0.29) is 18.3 Å². The van der Waals surface area contributed by atoms with E-state index in [1.54, 1.807) is 12.1 Å². The zero-order valence-corrected chi connectivity index (χ0v) is 12.4. The van der Waals surface area contributed by atoms with Gasteiger partial charge in [-0.1, -0.05) is 23.7 Å². The lowest BCUT2D eigenvalue weighted by molar-refractivity contribution is -0.120. The summed E-state index contributed by atoms with van der Waals surface area (Å²) in [5, 5.41) is 3.60. The summed E-state index contributed by atoms with van der Waals surface area (Å²) in [5.74, 6) is 0.0612. The highest BCUT2D eigenvalue weighted by Gasteiger charge is 2.02. The maximum Gasteiger partial charge on any atom is 0.224 e. The van der Waals surface area contributed by atoms with Gasteiger partial charge in [0.1, 0.15) is 0 Å². The molecule has 0 heterocycles.